The van der Waals surface area contributed by atoms with Crippen LogP contribution in [-0.4, -0.2) is 53.6 Å². The number of fused-ring (bicyclic) bond motifs is 1. The molecule has 1 aromatic carbocycles. The molecule has 32 heavy (non-hydrogen) atoms. The van der Waals surface area contributed by atoms with Crippen molar-refractivity contribution in [2.45, 2.75) is 6.42 Å². The van der Waals surface area contributed by atoms with E-state index in [0.29, 0.717) is 29.9 Å². The number of hydrogen-bond acceptors (Lipinski definition) is 7. The number of aromatic nitrogens is 3. The Morgan fingerprint density at radius 1 is 1.03 bits per heavy atom. The SMILES string of the molecule is Cl.O=C1NCCc2cc(-c3nc(Nc4ccc(N5CCNCC5)cn4)ncc3F)ccc21. The first-order chi connectivity index (χ1) is 15.2. The maximum atomic E-state index is 14.5. The van der Waals surface area contributed by atoms with Crippen LogP contribution in [0, 0.1) is 5.82 Å². The number of anilines is 3. The molecule has 8 nitrogen and oxygen atoms in total. The minimum Gasteiger partial charge on any atom is -0.368 e. The van der Waals surface area contributed by atoms with Crippen LogP contribution in [0.5, 0.6) is 0 Å². The molecule has 5 rings (SSSR count). The molecule has 1 saturated heterocycles. The van der Waals surface area contributed by atoms with Crippen LogP contribution in [-0.2, 0) is 6.42 Å². The molecule has 1 amide bonds. The lowest BCUT2D eigenvalue weighted by atomic mass is 9.96. The molecule has 0 unspecified atom stereocenters. The topological polar surface area (TPSA) is 95.1 Å². The lowest BCUT2D eigenvalue weighted by Gasteiger charge is -2.29. The molecule has 3 aromatic rings. The monoisotopic (exact) mass is 455 g/mol. The van der Waals surface area contributed by atoms with E-state index in [1.54, 1.807) is 12.1 Å². The molecule has 166 valence electrons. The van der Waals surface area contributed by atoms with Gasteiger partial charge in [0.1, 0.15) is 11.5 Å². The number of benzene rings is 1. The van der Waals surface area contributed by atoms with E-state index in [4.69, 9.17) is 0 Å². The Labute approximate surface area is 191 Å². The second-order valence-electron chi connectivity index (χ2n) is 7.53. The van der Waals surface area contributed by atoms with E-state index < -0.39 is 5.82 Å². The number of pyridine rings is 1. The van der Waals surface area contributed by atoms with Crippen LogP contribution in [0.25, 0.3) is 11.3 Å². The molecular weight excluding hydrogens is 433 g/mol. The fraction of sp³-hybridized carbons (Fsp3) is 0.273. The van der Waals surface area contributed by atoms with Crippen LogP contribution in [0.2, 0.25) is 0 Å². The van der Waals surface area contributed by atoms with Gasteiger partial charge in [0.25, 0.3) is 5.91 Å². The zero-order valence-electron chi connectivity index (χ0n) is 17.3. The lowest BCUT2D eigenvalue weighted by molar-refractivity contribution is 0.0946. The molecule has 2 aromatic heterocycles. The van der Waals surface area contributed by atoms with Gasteiger partial charge in [-0.2, -0.15) is 0 Å². The van der Waals surface area contributed by atoms with E-state index in [-0.39, 0.29) is 30.0 Å². The highest BCUT2D eigenvalue weighted by Gasteiger charge is 2.19. The minimum atomic E-state index is -0.521. The summed E-state index contributed by atoms with van der Waals surface area (Å²) >= 11 is 0. The van der Waals surface area contributed by atoms with Gasteiger partial charge in [-0.05, 0) is 36.2 Å². The van der Waals surface area contributed by atoms with Crippen LogP contribution >= 0.6 is 12.4 Å². The summed E-state index contributed by atoms with van der Waals surface area (Å²) in [5.41, 5.74) is 3.36. The van der Waals surface area contributed by atoms with Crippen LogP contribution in [0.3, 0.4) is 0 Å². The Morgan fingerprint density at radius 2 is 1.88 bits per heavy atom. The van der Waals surface area contributed by atoms with Crippen LogP contribution in [0.4, 0.5) is 21.8 Å². The third-order valence-electron chi connectivity index (χ3n) is 5.52. The van der Waals surface area contributed by atoms with Gasteiger partial charge in [0.15, 0.2) is 5.82 Å². The summed E-state index contributed by atoms with van der Waals surface area (Å²) in [6, 6.07) is 9.11. The number of rotatable bonds is 4. The fourth-order valence-electron chi connectivity index (χ4n) is 3.89. The predicted octanol–water partition coefficient (Wildman–Crippen LogP) is 2.54. The maximum Gasteiger partial charge on any atom is 0.251 e. The molecule has 0 bridgehead atoms. The van der Waals surface area contributed by atoms with Crippen molar-refractivity contribution in [2.24, 2.45) is 0 Å². The van der Waals surface area contributed by atoms with Crippen molar-refractivity contribution in [3.63, 3.8) is 0 Å². The van der Waals surface area contributed by atoms with Gasteiger partial charge in [-0.1, -0.05) is 6.07 Å². The summed E-state index contributed by atoms with van der Waals surface area (Å²) in [7, 11) is 0. The Hall–Kier alpha value is -3.30. The number of piperazine rings is 1. The first-order valence-electron chi connectivity index (χ1n) is 10.3. The van der Waals surface area contributed by atoms with Gasteiger partial charge in [-0.3, -0.25) is 4.79 Å². The molecule has 10 heteroatoms. The van der Waals surface area contributed by atoms with Crippen LogP contribution in [0.15, 0.2) is 42.7 Å². The zero-order chi connectivity index (χ0) is 21.2. The van der Waals surface area contributed by atoms with E-state index in [2.05, 4.69) is 35.8 Å². The molecule has 0 atom stereocenters. The zero-order valence-corrected chi connectivity index (χ0v) is 18.1. The molecule has 4 heterocycles. The molecule has 1 fully saturated rings. The van der Waals surface area contributed by atoms with Gasteiger partial charge in [-0.15, -0.1) is 12.4 Å². The van der Waals surface area contributed by atoms with E-state index in [0.717, 1.165) is 43.6 Å². The molecular formula is C22H23ClFN7O. The number of carbonyl (C=O) groups is 1. The predicted molar refractivity (Wildman–Crippen MR) is 123 cm³/mol. The number of carbonyl (C=O) groups excluding carboxylic acids is 1. The maximum absolute atomic E-state index is 14.5. The Kier molecular flexibility index (Phi) is 6.48. The van der Waals surface area contributed by atoms with Crippen LogP contribution in [0.1, 0.15) is 15.9 Å². The van der Waals surface area contributed by atoms with Crippen molar-refractivity contribution >= 4 is 35.8 Å². The summed E-state index contributed by atoms with van der Waals surface area (Å²) in [6.07, 6.45) is 3.66. The summed E-state index contributed by atoms with van der Waals surface area (Å²) < 4.78 is 14.5. The van der Waals surface area contributed by atoms with Gasteiger partial charge in [0.05, 0.1) is 18.1 Å². The molecule has 2 aliphatic heterocycles. The summed E-state index contributed by atoms with van der Waals surface area (Å²) in [5, 5.41) is 9.18. The third kappa shape index (κ3) is 4.49. The van der Waals surface area contributed by atoms with E-state index in [1.807, 2.05) is 24.4 Å². The average Bonchev–Trinajstić information content (AvgIpc) is 2.81. The highest BCUT2D eigenvalue weighted by Crippen LogP contribution is 2.26. The largest absolute Gasteiger partial charge is 0.368 e. The standard InChI is InChI=1S/C22H22FN7O.ClH/c23-18-13-27-22(28-19-4-2-16(12-26-19)30-9-7-24-8-10-30)29-20(18)15-1-3-17-14(11-15)5-6-25-21(17)31;/h1-4,11-13,24H,5-10H2,(H,25,31)(H,26,27,28,29);1H. The first-order valence-corrected chi connectivity index (χ1v) is 10.3. The number of nitrogens with zero attached hydrogens (tertiary/aromatic N) is 4. The van der Waals surface area contributed by atoms with Crippen LogP contribution < -0.4 is 20.9 Å². The Bertz CT molecular complexity index is 1120. The summed E-state index contributed by atoms with van der Waals surface area (Å²) in [5.74, 6) is 0.217. The number of amides is 1. The van der Waals surface area contributed by atoms with Crippen molar-refractivity contribution in [1.29, 1.82) is 0 Å². The molecule has 0 aliphatic carbocycles. The van der Waals surface area contributed by atoms with Gasteiger partial charge < -0.3 is 20.9 Å². The van der Waals surface area contributed by atoms with Crippen molar-refractivity contribution in [2.75, 3.05) is 42.9 Å². The van der Waals surface area contributed by atoms with Gasteiger partial charge >= 0.3 is 0 Å². The van der Waals surface area contributed by atoms with E-state index in [1.165, 1.54) is 0 Å². The smallest absolute Gasteiger partial charge is 0.251 e. The van der Waals surface area contributed by atoms with Crippen molar-refractivity contribution in [1.82, 2.24) is 25.6 Å². The van der Waals surface area contributed by atoms with Crippen molar-refractivity contribution < 1.29 is 9.18 Å². The molecule has 0 radical (unpaired) electrons. The van der Waals surface area contributed by atoms with Crippen molar-refractivity contribution in [3.8, 4) is 11.3 Å². The van der Waals surface area contributed by atoms with Gasteiger partial charge in [-0.25, -0.2) is 19.3 Å². The van der Waals surface area contributed by atoms with E-state index >= 15 is 0 Å². The van der Waals surface area contributed by atoms with E-state index in [9.17, 15) is 9.18 Å². The molecule has 0 saturated carbocycles. The molecule has 0 spiro atoms. The number of hydrogen-bond donors (Lipinski definition) is 3. The number of halogens is 2. The quantitative estimate of drug-likeness (QED) is 0.556. The fourth-order valence-corrected chi connectivity index (χ4v) is 3.89. The molecule has 3 N–H and O–H groups in total. The molecule has 2 aliphatic rings. The average molecular weight is 456 g/mol. The summed E-state index contributed by atoms with van der Waals surface area (Å²) in [4.78, 5) is 27.1. The Morgan fingerprint density at radius 3 is 2.66 bits per heavy atom. The first kappa shape index (κ1) is 21.9. The number of nitrogens with one attached hydrogen (secondary N) is 3. The summed E-state index contributed by atoms with van der Waals surface area (Å²) in [6.45, 7) is 4.38. The highest BCUT2D eigenvalue weighted by molar-refractivity contribution is 5.97. The third-order valence-corrected chi connectivity index (χ3v) is 5.52. The van der Waals surface area contributed by atoms with Crippen molar-refractivity contribution in [3.05, 3.63) is 59.7 Å². The minimum absolute atomic E-state index is 0. The normalized spacial score (nSPS) is 15.4. The van der Waals surface area contributed by atoms with Gasteiger partial charge in [0, 0.05) is 43.9 Å². The Balaban J connectivity index is 0.00000245. The highest BCUT2D eigenvalue weighted by atomic mass is 35.5. The lowest BCUT2D eigenvalue weighted by Crippen LogP contribution is -2.43. The second-order valence-corrected chi connectivity index (χ2v) is 7.53. The second kappa shape index (κ2) is 9.46. The van der Waals surface area contributed by atoms with Gasteiger partial charge in [0.2, 0.25) is 5.95 Å².